The molecule has 0 aliphatic carbocycles. The van der Waals surface area contributed by atoms with Crippen LogP contribution in [0.1, 0.15) is 40.3 Å². The molecule has 0 radical (unpaired) electrons. The van der Waals surface area contributed by atoms with Crippen LogP contribution in [0.25, 0.3) is 0 Å². The first-order valence-electron chi connectivity index (χ1n) is 5.80. The molecule has 0 saturated carbocycles. The van der Waals surface area contributed by atoms with E-state index in [9.17, 15) is 4.79 Å². The van der Waals surface area contributed by atoms with Gasteiger partial charge in [0.2, 0.25) is 5.88 Å². The molecule has 17 heavy (non-hydrogen) atoms. The fourth-order valence-corrected chi connectivity index (χ4v) is 1.20. The fourth-order valence-electron chi connectivity index (χ4n) is 1.20. The molecule has 0 bridgehead atoms. The molecule has 0 unspecified atom stereocenters. The van der Waals surface area contributed by atoms with Crippen LogP contribution in [-0.4, -0.2) is 21.9 Å². The van der Waals surface area contributed by atoms with Gasteiger partial charge in [0.1, 0.15) is 5.78 Å². The van der Waals surface area contributed by atoms with Crippen LogP contribution in [0, 0.1) is 5.41 Å². The minimum atomic E-state index is -0.351. The summed E-state index contributed by atoms with van der Waals surface area (Å²) in [7, 11) is 0. The van der Waals surface area contributed by atoms with Gasteiger partial charge in [0.05, 0.1) is 24.4 Å². The third-order valence-corrected chi connectivity index (χ3v) is 2.20. The maximum atomic E-state index is 11.9. The first-order valence-corrected chi connectivity index (χ1v) is 5.80. The van der Waals surface area contributed by atoms with Gasteiger partial charge in [0.25, 0.3) is 0 Å². The van der Waals surface area contributed by atoms with Crippen molar-refractivity contribution in [2.45, 2.75) is 47.1 Å². The van der Waals surface area contributed by atoms with Gasteiger partial charge in [-0.15, -0.1) is 0 Å². The van der Waals surface area contributed by atoms with Crippen LogP contribution in [-0.2, 0) is 11.2 Å². The SMILES string of the molecule is CC(C)Oc1cncc(CC(=O)C(C)(C)C)n1. The molecular formula is C13H20N2O2. The van der Waals surface area contributed by atoms with Crippen molar-refractivity contribution in [3.63, 3.8) is 0 Å². The van der Waals surface area contributed by atoms with E-state index in [1.165, 1.54) is 0 Å². The molecule has 0 amide bonds. The van der Waals surface area contributed by atoms with Crippen molar-refractivity contribution in [2.75, 3.05) is 0 Å². The van der Waals surface area contributed by atoms with Crippen LogP contribution in [0.2, 0.25) is 0 Å². The van der Waals surface area contributed by atoms with Crippen molar-refractivity contribution in [3.8, 4) is 5.88 Å². The summed E-state index contributed by atoms with van der Waals surface area (Å²) in [5.41, 5.74) is 0.305. The Bertz CT molecular complexity index is 395. The Morgan fingerprint density at radius 3 is 2.53 bits per heavy atom. The van der Waals surface area contributed by atoms with Gasteiger partial charge in [-0.05, 0) is 13.8 Å². The number of nitrogens with zero attached hydrogens (tertiary/aromatic N) is 2. The van der Waals surface area contributed by atoms with Gasteiger partial charge in [-0.2, -0.15) is 0 Å². The monoisotopic (exact) mass is 236 g/mol. The van der Waals surface area contributed by atoms with Crippen molar-refractivity contribution in [1.29, 1.82) is 0 Å². The molecule has 0 saturated heterocycles. The largest absolute Gasteiger partial charge is 0.474 e. The third kappa shape index (κ3) is 4.51. The zero-order chi connectivity index (χ0) is 13.1. The lowest BCUT2D eigenvalue weighted by atomic mass is 9.88. The molecule has 0 aromatic carbocycles. The first kappa shape index (κ1) is 13.6. The van der Waals surface area contributed by atoms with Crippen molar-refractivity contribution < 1.29 is 9.53 Å². The van der Waals surface area contributed by atoms with Crippen LogP contribution in [0.4, 0.5) is 0 Å². The van der Waals surface area contributed by atoms with E-state index in [2.05, 4.69) is 9.97 Å². The topological polar surface area (TPSA) is 52.1 Å². The molecule has 0 aliphatic rings. The molecule has 94 valence electrons. The van der Waals surface area contributed by atoms with Gasteiger partial charge in [-0.25, -0.2) is 4.98 Å². The number of carbonyl (C=O) groups is 1. The molecule has 0 atom stereocenters. The van der Waals surface area contributed by atoms with E-state index in [1.807, 2.05) is 34.6 Å². The second-order valence-electron chi connectivity index (χ2n) is 5.37. The average Bonchev–Trinajstić information content (AvgIpc) is 2.15. The van der Waals surface area contributed by atoms with Gasteiger partial charge in [-0.1, -0.05) is 20.8 Å². The third-order valence-electron chi connectivity index (χ3n) is 2.20. The number of hydrogen-bond acceptors (Lipinski definition) is 4. The number of aromatic nitrogens is 2. The van der Waals surface area contributed by atoms with Crippen LogP contribution in [0.3, 0.4) is 0 Å². The summed E-state index contributed by atoms with van der Waals surface area (Å²) >= 11 is 0. The molecule has 0 spiro atoms. The fraction of sp³-hybridized carbons (Fsp3) is 0.615. The second-order valence-corrected chi connectivity index (χ2v) is 5.37. The van der Waals surface area contributed by atoms with E-state index < -0.39 is 0 Å². The molecule has 0 fully saturated rings. The normalized spacial score (nSPS) is 11.6. The lowest BCUT2D eigenvalue weighted by Gasteiger charge is -2.16. The number of Topliss-reactive ketones (excluding diaryl/α,β-unsaturated/α-hetero) is 1. The van der Waals surface area contributed by atoms with Crippen LogP contribution in [0.5, 0.6) is 5.88 Å². The summed E-state index contributed by atoms with van der Waals surface area (Å²) in [6.07, 6.45) is 3.52. The van der Waals surface area contributed by atoms with Crippen molar-refractivity contribution in [1.82, 2.24) is 9.97 Å². The molecule has 1 aromatic rings. The van der Waals surface area contributed by atoms with Crippen molar-refractivity contribution in [3.05, 3.63) is 18.1 Å². The van der Waals surface area contributed by atoms with E-state index >= 15 is 0 Å². The Hall–Kier alpha value is -1.45. The minimum Gasteiger partial charge on any atom is -0.474 e. The molecule has 1 heterocycles. The Balaban J connectivity index is 2.76. The van der Waals surface area contributed by atoms with Gasteiger partial charge >= 0.3 is 0 Å². The summed E-state index contributed by atoms with van der Waals surface area (Å²) in [5.74, 6) is 0.618. The lowest BCUT2D eigenvalue weighted by Crippen LogP contribution is -2.22. The van der Waals surface area contributed by atoms with Crippen molar-refractivity contribution in [2.24, 2.45) is 5.41 Å². The Morgan fingerprint density at radius 1 is 1.35 bits per heavy atom. The first-order chi connectivity index (χ1) is 7.79. The van der Waals surface area contributed by atoms with E-state index in [1.54, 1.807) is 12.4 Å². The molecule has 1 rings (SSSR count). The zero-order valence-electron chi connectivity index (χ0n) is 11.2. The van der Waals surface area contributed by atoms with Gasteiger partial charge in [0, 0.05) is 11.6 Å². The summed E-state index contributed by atoms with van der Waals surface area (Å²) in [4.78, 5) is 20.2. The van der Waals surface area contributed by atoms with Gasteiger partial charge in [-0.3, -0.25) is 9.78 Å². The maximum Gasteiger partial charge on any atom is 0.232 e. The molecule has 0 N–H and O–H groups in total. The highest BCUT2D eigenvalue weighted by molar-refractivity contribution is 5.85. The second kappa shape index (κ2) is 5.25. The highest BCUT2D eigenvalue weighted by Crippen LogP contribution is 2.17. The van der Waals surface area contributed by atoms with E-state index in [0.717, 1.165) is 0 Å². The molecule has 4 nitrogen and oxygen atoms in total. The summed E-state index contributed by atoms with van der Waals surface area (Å²) in [5, 5.41) is 0. The maximum absolute atomic E-state index is 11.9. The predicted molar refractivity (Wildman–Crippen MR) is 66.0 cm³/mol. The summed E-state index contributed by atoms with van der Waals surface area (Å²) in [6, 6.07) is 0. The standard InChI is InChI=1S/C13H20N2O2/c1-9(2)17-12-8-14-7-10(15-12)6-11(16)13(3,4)5/h7-9H,6H2,1-5H3. The van der Waals surface area contributed by atoms with Crippen LogP contribution in [0.15, 0.2) is 12.4 Å². The number of hydrogen-bond donors (Lipinski definition) is 0. The average molecular weight is 236 g/mol. The van der Waals surface area contributed by atoms with Gasteiger partial charge < -0.3 is 4.74 Å². The smallest absolute Gasteiger partial charge is 0.232 e. The van der Waals surface area contributed by atoms with Crippen LogP contribution >= 0.6 is 0 Å². The Labute approximate surface area is 102 Å². The highest BCUT2D eigenvalue weighted by atomic mass is 16.5. The van der Waals surface area contributed by atoms with E-state index in [0.29, 0.717) is 18.0 Å². The number of rotatable bonds is 4. The van der Waals surface area contributed by atoms with E-state index in [-0.39, 0.29) is 17.3 Å². The zero-order valence-corrected chi connectivity index (χ0v) is 11.2. The summed E-state index contributed by atoms with van der Waals surface area (Å²) < 4.78 is 5.44. The number of carbonyl (C=O) groups excluding carboxylic acids is 1. The molecule has 1 aromatic heterocycles. The number of ketones is 1. The summed E-state index contributed by atoms with van der Waals surface area (Å²) in [6.45, 7) is 9.55. The Morgan fingerprint density at radius 2 is 2.00 bits per heavy atom. The van der Waals surface area contributed by atoms with Crippen molar-refractivity contribution >= 4 is 5.78 Å². The van der Waals surface area contributed by atoms with Crippen LogP contribution < -0.4 is 4.74 Å². The highest BCUT2D eigenvalue weighted by Gasteiger charge is 2.21. The molecule has 4 heteroatoms. The minimum absolute atomic E-state index is 0.0536. The molecular weight excluding hydrogens is 216 g/mol. The quantitative estimate of drug-likeness (QED) is 0.805. The lowest BCUT2D eigenvalue weighted by molar-refractivity contribution is -0.125. The van der Waals surface area contributed by atoms with Gasteiger partial charge in [0.15, 0.2) is 0 Å². The number of ether oxygens (including phenoxy) is 1. The molecule has 0 aliphatic heterocycles. The predicted octanol–water partition coefficient (Wildman–Crippen LogP) is 2.42. The van der Waals surface area contributed by atoms with E-state index in [4.69, 9.17) is 4.74 Å². The Kier molecular flexibility index (Phi) is 4.21.